The third-order valence-electron chi connectivity index (χ3n) is 4.54. The number of piperazine rings is 1. The van der Waals surface area contributed by atoms with Crippen LogP contribution in [-0.2, 0) is 4.79 Å². The third kappa shape index (κ3) is 4.50. The van der Waals surface area contributed by atoms with E-state index >= 15 is 0 Å². The van der Waals surface area contributed by atoms with Crippen molar-refractivity contribution in [1.82, 2.24) is 4.90 Å². The number of hydrogen-bond donors (Lipinski definition) is 1. The smallest absolute Gasteiger partial charge is 0.241 e. The van der Waals surface area contributed by atoms with Gasteiger partial charge in [-0.2, -0.15) is 0 Å². The molecule has 0 aliphatic carbocycles. The first-order chi connectivity index (χ1) is 12.0. The minimum Gasteiger partial charge on any atom is -0.369 e. The number of benzene rings is 2. The first kappa shape index (κ1) is 17.7. The molecule has 2 aromatic carbocycles. The van der Waals surface area contributed by atoms with Gasteiger partial charge in [0.15, 0.2) is 0 Å². The molecule has 0 aromatic heterocycles. The number of carbonyl (C=O) groups excluding carboxylic acids is 1. The molecular weight excluding hydrogens is 341 g/mol. The molecule has 1 atom stereocenters. The van der Waals surface area contributed by atoms with E-state index in [0.717, 1.165) is 37.6 Å². The van der Waals surface area contributed by atoms with Gasteiger partial charge in [-0.15, -0.1) is 0 Å². The van der Waals surface area contributed by atoms with Crippen molar-refractivity contribution in [3.63, 3.8) is 0 Å². The maximum atomic E-state index is 13.0. The summed E-state index contributed by atoms with van der Waals surface area (Å²) in [5.41, 5.74) is 1.76. The van der Waals surface area contributed by atoms with Crippen molar-refractivity contribution in [2.75, 3.05) is 36.4 Å². The molecule has 1 unspecified atom stereocenters. The number of halogens is 2. The van der Waals surface area contributed by atoms with Crippen LogP contribution in [0.5, 0.6) is 0 Å². The predicted octanol–water partition coefficient (Wildman–Crippen LogP) is 3.63. The fourth-order valence-electron chi connectivity index (χ4n) is 2.97. The highest BCUT2D eigenvalue weighted by atomic mass is 35.5. The van der Waals surface area contributed by atoms with Crippen molar-refractivity contribution in [1.29, 1.82) is 0 Å². The van der Waals surface area contributed by atoms with Gasteiger partial charge in [-0.3, -0.25) is 9.69 Å². The number of amides is 1. The lowest BCUT2D eigenvalue weighted by molar-refractivity contribution is -0.120. The second-order valence-corrected chi connectivity index (χ2v) is 6.61. The van der Waals surface area contributed by atoms with E-state index in [0.29, 0.717) is 5.02 Å². The van der Waals surface area contributed by atoms with Crippen LogP contribution in [-0.4, -0.2) is 43.0 Å². The van der Waals surface area contributed by atoms with E-state index in [4.69, 9.17) is 11.6 Å². The molecule has 6 heteroatoms. The van der Waals surface area contributed by atoms with E-state index in [9.17, 15) is 9.18 Å². The molecule has 25 heavy (non-hydrogen) atoms. The molecule has 1 saturated heterocycles. The van der Waals surface area contributed by atoms with E-state index in [1.807, 2.05) is 6.92 Å². The minimum atomic E-state index is -0.227. The second kappa shape index (κ2) is 7.85. The quantitative estimate of drug-likeness (QED) is 0.903. The molecule has 2 aromatic rings. The summed E-state index contributed by atoms with van der Waals surface area (Å²) in [6, 6.07) is 13.4. The average molecular weight is 362 g/mol. The lowest BCUT2D eigenvalue weighted by atomic mass is 10.2. The number of nitrogens with zero attached hydrogens (tertiary/aromatic N) is 2. The van der Waals surface area contributed by atoms with Gasteiger partial charge in [0.2, 0.25) is 5.91 Å². The Balaban J connectivity index is 1.53. The van der Waals surface area contributed by atoms with Gasteiger partial charge in [-0.1, -0.05) is 11.6 Å². The number of rotatable bonds is 4. The SMILES string of the molecule is CC(C(=O)Nc1ccc(Cl)cc1)N1CCN(c2ccc(F)cc2)CC1. The minimum absolute atomic E-state index is 0.0300. The van der Waals surface area contributed by atoms with Crippen molar-refractivity contribution >= 4 is 28.9 Å². The van der Waals surface area contributed by atoms with E-state index in [1.165, 1.54) is 12.1 Å². The molecule has 1 fully saturated rings. The summed E-state index contributed by atoms with van der Waals surface area (Å²) in [5.74, 6) is -0.257. The summed E-state index contributed by atoms with van der Waals surface area (Å²) in [7, 11) is 0. The fraction of sp³-hybridized carbons (Fsp3) is 0.316. The molecule has 1 heterocycles. The zero-order valence-electron chi connectivity index (χ0n) is 14.1. The van der Waals surface area contributed by atoms with E-state index in [2.05, 4.69) is 15.1 Å². The summed E-state index contributed by atoms with van der Waals surface area (Å²) >= 11 is 5.86. The summed E-state index contributed by atoms with van der Waals surface area (Å²) in [4.78, 5) is 16.8. The van der Waals surface area contributed by atoms with Gasteiger partial charge in [-0.25, -0.2) is 4.39 Å². The highest BCUT2D eigenvalue weighted by molar-refractivity contribution is 6.30. The van der Waals surface area contributed by atoms with Gasteiger partial charge in [-0.05, 0) is 55.5 Å². The molecule has 132 valence electrons. The van der Waals surface area contributed by atoms with Crippen LogP contribution in [0.15, 0.2) is 48.5 Å². The molecule has 1 aliphatic rings. The van der Waals surface area contributed by atoms with Crippen LogP contribution in [0.1, 0.15) is 6.92 Å². The van der Waals surface area contributed by atoms with Crippen molar-refractivity contribution in [2.24, 2.45) is 0 Å². The molecule has 4 nitrogen and oxygen atoms in total. The fourth-order valence-corrected chi connectivity index (χ4v) is 3.09. The van der Waals surface area contributed by atoms with Gasteiger partial charge in [0.25, 0.3) is 0 Å². The Morgan fingerprint density at radius 2 is 1.64 bits per heavy atom. The summed E-state index contributed by atoms with van der Waals surface area (Å²) in [6.45, 7) is 5.10. The maximum absolute atomic E-state index is 13.0. The molecule has 0 saturated carbocycles. The first-order valence-corrected chi connectivity index (χ1v) is 8.72. The van der Waals surface area contributed by atoms with Crippen molar-refractivity contribution < 1.29 is 9.18 Å². The van der Waals surface area contributed by atoms with Crippen LogP contribution < -0.4 is 10.2 Å². The van der Waals surface area contributed by atoms with Gasteiger partial charge >= 0.3 is 0 Å². The molecular formula is C19H21ClFN3O. The Kier molecular flexibility index (Phi) is 5.56. The first-order valence-electron chi connectivity index (χ1n) is 8.34. The van der Waals surface area contributed by atoms with E-state index in [-0.39, 0.29) is 17.8 Å². The van der Waals surface area contributed by atoms with Gasteiger partial charge < -0.3 is 10.2 Å². The predicted molar refractivity (Wildman–Crippen MR) is 99.7 cm³/mol. The zero-order valence-corrected chi connectivity index (χ0v) is 14.8. The van der Waals surface area contributed by atoms with E-state index in [1.54, 1.807) is 36.4 Å². The molecule has 3 rings (SSSR count). The maximum Gasteiger partial charge on any atom is 0.241 e. The van der Waals surface area contributed by atoms with E-state index < -0.39 is 0 Å². The van der Waals surface area contributed by atoms with Crippen molar-refractivity contribution in [3.8, 4) is 0 Å². The van der Waals surface area contributed by atoms with Crippen LogP contribution in [0.3, 0.4) is 0 Å². The number of hydrogen-bond acceptors (Lipinski definition) is 3. The Bertz CT molecular complexity index is 712. The normalized spacial score (nSPS) is 16.5. The van der Waals surface area contributed by atoms with Crippen LogP contribution in [0.25, 0.3) is 0 Å². The molecule has 1 N–H and O–H groups in total. The Labute approximate surface area is 152 Å². The van der Waals surface area contributed by atoms with Gasteiger partial charge in [0.05, 0.1) is 6.04 Å². The van der Waals surface area contributed by atoms with Crippen LogP contribution in [0, 0.1) is 5.82 Å². The highest BCUT2D eigenvalue weighted by Gasteiger charge is 2.25. The molecule has 0 spiro atoms. The molecule has 0 radical (unpaired) electrons. The number of carbonyl (C=O) groups is 1. The molecule has 1 amide bonds. The Hall–Kier alpha value is -2.11. The standard InChI is InChI=1S/C19H21ClFN3O/c1-14(19(25)22-17-6-2-15(20)3-7-17)23-10-12-24(13-11-23)18-8-4-16(21)5-9-18/h2-9,14H,10-13H2,1H3,(H,22,25). The van der Waals surface area contributed by atoms with Crippen molar-refractivity contribution in [3.05, 3.63) is 59.4 Å². The van der Waals surface area contributed by atoms with Crippen LogP contribution >= 0.6 is 11.6 Å². The zero-order chi connectivity index (χ0) is 17.8. The monoisotopic (exact) mass is 361 g/mol. The summed E-state index contributed by atoms with van der Waals surface area (Å²) in [5, 5.41) is 3.56. The second-order valence-electron chi connectivity index (χ2n) is 6.17. The number of anilines is 2. The summed E-state index contributed by atoms with van der Waals surface area (Å²) < 4.78 is 13.0. The lowest BCUT2D eigenvalue weighted by Gasteiger charge is -2.38. The van der Waals surface area contributed by atoms with Crippen LogP contribution in [0.4, 0.5) is 15.8 Å². The summed E-state index contributed by atoms with van der Waals surface area (Å²) in [6.07, 6.45) is 0. The van der Waals surface area contributed by atoms with Crippen LogP contribution in [0.2, 0.25) is 5.02 Å². The topological polar surface area (TPSA) is 35.6 Å². The highest BCUT2D eigenvalue weighted by Crippen LogP contribution is 2.19. The molecule has 1 aliphatic heterocycles. The van der Waals surface area contributed by atoms with Crippen molar-refractivity contribution in [2.45, 2.75) is 13.0 Å². The number of nitrogens with one attached hydrogen (secondary N) is 1. The largest absolute Gasteiger partial charge is 0.369 e. The lowest BCUT2D eigenvalue weighted by Crippen LogP contribution is -2.52. The Morgan fingerprint density at radius 3 is 2.24 bits per heavy atom. The van der Waals surface area contributed by atoms with Gasteiger partial charge in [0, 0.05) is 42.6 Å². The van der Waals surface area contributed by atoms with Gasteiger partial charge in [0.1, 0.15) is 5.82 Å². The Morgan fingerprint density at radius 1 is 1.04 bits per heavy atom. The molecule has 0 bridgehead atoms. The average Bonchev–Trinajstić information content (AvgIpc) is 2.64. The third-order valence-corrected chi connectivity index (χ3v) is 4.80.